The highest BCUT2D eigenvalue weighted by Crippen LogP contribution is 2.10. The molecule has 7 heteroatoms. The minimum Gasteiger partial charge on any atom is -0.391 e. The van der Waals surface area contributed by atoms with Crippen molar-refractivity contribution in [2.75, 3.05) is 26.2 Å². The molecule has 0 bridgehead atoms. The summed E-state index contributed by atoms with van der Waals surface area (Å²) in [5.74, 6) is 0.170. The number of nitrogens with zero attached hydrogens (tertiary/aromatic N) is 3. The van der Waals surface area contributed by atoms with Crippen LogP contribution in [0.5, 0.6) is 5.88 Å². The zero-order valence-electron chi connectivity index (χ0n) is 8.52. The third kappa shape index (κ3) is 2.80. The Bertz CT molecular complexity index is 382. The number of aromatic nitrogens is 2. The van der Waals surface area contributed by atoms with Gasteiger partial charge in [0.05, 0.1) is 0 Å². The van der Waals surface area contributed by atoms with Crippen LogP contribution < -0.4 is 10.1 Å². The largest absolute Gasteiger partial charge is 0.416 e. The molecule has 1 amide bonds. The second kappa shape index (κ2) is 5.09. The summed E-state index contributed by atoms with van der Waals surface area (Å²) in [5, 5.41) is 3.21. The molecule has 16 heavy (non-hydrogen) atoms. The molecule has 2 heterocycles. The van der Waals surface area contributed by atoms with Crippen LogP contribution in [0, 0.1) is 0 Å². The Hall–Kier alpha value is -1.40. The van der Waals surface area contributed by atoms with Gasteiger partial charge in [-0.15, -0.1) is 0 Å². The number of nitrogens with one attached hydrogen (secondary N) is 1. The van der Waals surface area contributed by atoms with Crippen molar-refractivity contribution in [3.8, 4) is 5.88 Å². The standard InChI is InChI=1S/C9H11ClN4O2/c10-8-12-2-1-7(13-8)16-9(15)14-5-3-11-4-6-14/h1-2,11H,3-6H2. The van der Waals surface area contributed by atoms with Crippen molar-refractivity contribution in [2.24, 2.45) is 0 Å². The fraction of sp³-hybridized carbons (Fsp3) is 0.444. The molecule has 86 valence electrons. The van der Waals surface area contributed by atoms with E-state index in [1.54, 1.807) is 4.90 Å². The molecule has 1 aromatic rings. The van der Waals surface area contributed by atoms with Crippen LogP contribution in [0.4, 0.5) is 4.79 Å². The second-order valence-corrected chi connectivity index (χ2v) is 3.61. The molecule has 0 spiro atoms. The van der Waals surface area contributed by atoms with Crippen LogP contribution in [-0.2, 0) is 0 Å². The molecule has 0 unspecified atom stereocenters. The van der Waals surface area contributed by atoms with E-state index in [9.17, 15) is 4.79 Å². The van der Waals surface area contributed by atoms with Crippen molar-refractivity contribution >= 4 is 17.7 Å². The van der Waals surface area contributed by atoms with Gasteiger partial charge in [0.2, 0.25) is 11.2 Å². The predicted molar refractivity (Wildman–Crippen MR) is 57.5 cm³/mol. The van der Waals surface area contributed by atoms with Crippen LogP contribution in [0.2, 0.25) is 5.28 Å². The Morgan fingerprint density at radius 3 is 2.94 bits per heavy atom. The summed E-state index contributed by atoms with van der Waals surface area (Å²) < 4.78 is 5.06. The third-order valence-corrected chi connectivity index (χ3v) is 2.35. The lowest BCUT2D eigenvalue weighted by Gasteiger charge is -2.26. The minimum absolute atomic E-state index is 0.0608. The highest BCUT2D eigenvalue weighted by atomic mass is 35.5. The third-order valence-electron chi connectivity index (χ3n) is 2.17. The Morgan fingerprint density at radius 2 is 2.25 bits per heavy atom. The van der Waals surface area contributed by atoms with Gasteiger partial charge in [0.1, 0.15) is 0 Å². The van der Waals surface area contributed by atoms with Crippen LogP contribution in [0.15, 0.2) is 12.3 Å². The fourth-order valence-corrected chi connectivity index (χ4v) is 1.52. The van der Waals surface area contributed by atoms with Gasteiger partial charge in [0.25, 0.3) is 0 Å². The number of amides is 1. The first-order chi connectivity index (χ1) is 7.75. The van der Waals surface area contributed by atoms with E-state index >= 15 is 0 Å². The molecule has 0 aliphatic carbocycles. The SMILES string of the molecule is O=C(Oc1ccnc(Cl)n1)N1CCNCC1. The fourth-order valence-electron chi connectivity index (χ4n) is 1.38. The number of rotatable bonds is 1. The topological polar surface area (TPSA) is 67.3 Å². The Balaban J connectivity index is 1.96. The van der Waals surface area contributed by atoms with Gasteiger partial charge in [-0.3, -0.25) is 0 Å². The minimum atomic E-state index is -0.406. The average molecular weight is 243 g/mol. The van der Waals surface area contributed by atoms with Crippen LogP contribution >= 0.6 is 11.6 Å². The predicted octanol–water partition coefficient (Wildman–Crippen LogP) is 0.534. The van der Waals surface area contributed by atoms with Gasteiger partial charge in [0, 0.05) is 38.4 Å². The van der Waals surface area contributed by atoms with Crippen LogP contribution in [0.3, 0.4) is 0 Å². The molecule has 0 aromatic carbocycles. The van der Waals surface area contributed by atoms with Crippen molar-refractivity contribution in [2.45, 2.75) is 0 Å². The maximum Gasteiger partial charge on any atom is 0.416 e. The summed E-state index contributed by atoms with van der Waals surface area (Å²) >= 11 is 5.58. The maximum absolute atomic E-state index is 11.7. The lowest BCUT2D eigenvalue weighted by atomic mass is 10.4. The van der Waals surface area contributed by atoms with Crippen molar-refractivity contribution < 1.29 is 9.53 Å². The van der Waals surface area contributed by atoms with E-state index in [1.165, 1.54) is 12.3 Å². The molecular formula is C9H11ClN4O2. The van der Waals surface area contributed by atoms with Gasteiger partial charge in [0.15, 0.2) is 0 Å². The molecule has 1 aromatic heterocycles. The summed E-state index contributed by atoms with van der Waals surface area (Å²) in [4.78, 5) is 20.7. The first-order valence-electron chi connectivity index (χ1n) is 4.92. The van der Waals surface area contributed by atoms with Gasteiger partial charge in [-0.05, 0) is 11.6 Å². The monoisotopic (exact) mass is 242 g/mol. The average Bonchev–Trinajstić information content (AvgIpc) is 2.30. The summed E-state index contributed by atoms with van der Waals surface area (Å²) in [7, 11) is 0. The first-order valence-corrected chi connectivity index (χ1v) is 5.29. The van der Waals surface area contributed by atoms with E-state index in [1.807, 2.05) is 0 Å². The van der Waals surface area contributed by atoms with Crippen molar-refractivity contribution in [1.82, 2.24) is 20.2 Å². The second-order valence-electron chi connectivity index (χ2n) is 3.27. The van der Waals surface area contributed by atoms with Crippen molar-refractivity contribution in [1.29, 1.82) is 0 Å². The molecule has 1 N–H and O–H groups in total. The van der Waals surface area contributed by atoms with Gasteiger partial charge < -0.3 is 15.0 Å². The number of hydrogen-bond acceptors (Lipinski definition) is 5. The smallest absolute Gasteiger partial charge is 0.391 e. The number of halogens is 1. The molecule has 2 rings (SSSR count). The lowest BCUT2D eigenvalue weighted by molar-refractivity contribution is 0.144. The van der Waals surface area contributed by atoms with E-state index in [0.29, 0.717) is 13.1 Å². The van der Waals surface area contributed by atoms with E-state index in [4.69, 9.17) is 16.3 Å². The number of carbonyl (C=O) groups is 1. The van der Waals surface area contributed by atoms with E-state index in [-0.39, 0.29) is 11.2 Å². The van der Waals surface area contributed by atoms with Gasteiger partial charge in [-0.1, -0.05) is 0 Å². The maximum atomic E-state index is 11.7. The molecule has 1 saturated heterocycles. The zero-order chi connectivity index (χ0) is 11.4. The molecular weight excluding hydrogens is 232 g/mol. The van der Waals surface area contributed by atoms with Gasteiger partial charge in [-0.25, -0.2) is 9.78 Å². The number of carbonyl (C=O) groups excluding carboxylic acids is 1. The Labute approximate surface area is 97.6 Å². The zero-order valence-corrected chi connectivity index (χ0v) is 9.28. The van der Waals surface area contributed by atoms with E-state index < -0.39 is 6.09 Å². The quantitative estimate of drug-likeness (QED) is 0.728. The lowest BCUT2D eigenvalue weighted by Crippen LogP contribution is -2.47. The molecule has 1 aliphatic rings. The number of hydrogen-bond donors (Lipinski definition) is 1. The van der Waals surface area contributed by atoms with Crippen molar-refractivity contribution in [3.63, 3.8) is 0 Å². The van der Waals surface area contributed by atoms with Crippen molar-refractivity contribution in [3.05, 3.63) is 17.5 Å². The van der Waals surface area contributed by atoms with Crippen LogP contribution in [-0.4, -0.2) is 47.1 Å². The number of ether oxygens (including phenoxy) is 1. The highest BCUT2D eigenvalue weighted by molar-refractivity contribution is 6.28. The van der Waals surface area contributed by atoms with Gasteiger partial charge in [-0.2, -0.15) is 4.98 Å². The molecule has 1 aliphatic heterocycles. The molecule has 0 saturated carbocycles. The summed E-state index contributed by atoms with van der Waals surface area (Å²) in [6, 6.07) is 1.49. The summed E-state index contributed by atoms with van der Waals surface area (Å²) in [6.45, 7) is 2.83. The van der Waals surface area contributed by atoms with E-state index in [2.05, 4.69) is 15.3 Å². The summed E-state index contributed by atoms with van der Waals surface area (Å²) in [5.41, 5.74) is 0. The highest BCUT2D eigenvalue weighted by Gasteiger charge is 2.18. The van der Waals surface area contributed by atoms with Crippen LogP contribution in [0.1, 0.15) is 0 Å². The van der Waals surface area contributed by atoms with Crippen LogP contribution in [0.25, 0.3) is 0 Å². The molecule has 0 radical (unpaired) electrons. The first kappa shape index (κ1) is 11.1. The molecule has 6 nitrogen and oxygen atoms in total. The normalized spacial score (nSPS) is 15.9. The number of piperazine rings is 1. The summed E-state index contributed by atoms with van der Waals surface area (Å²) in [6.07, 6.45) is 1.03. The van der Waals surface area contributed by atoms with E-state index in [0.717, 1.165) is 13.1 Å². The molecule has 0 atom stereocenters. The van der Waals surface area contributed by atoms with Gasteiger partial charge >= 0.3 is 6.09 Å². The Kier molecular flexibility index (Phi) is 3.53. The molecule has 1 fully saturated rings. The Morgan fingerprint density at radius 1 is 1.50 bits per heavy atom.